The van der Waals surface area contributed by atoms with Gasteiger partial charge in [0.1, 0.15) is 23.6 Å². The predicted octanol–water partition coefficient (Wildman–Crippen LogP) is 3.58. The second-order valence-electron chi connectivity index (χ2n) is 9.55. The molecular weight excluding hydrogens is 460 g/mol. The van der Waals surface area contributed by atoms with Crippen molar-refractivity contribution in [3.05, 3.63) is 48.0 Å². The molecule has 5 rings (SSSR count). The zero-order chi connectivity index (χ0) is 25.2. The second kappa shape index (κ2) is 10.7. The van der Waals surface area contributed by atoms with Crippen LogP contribution in [0.2, 0.25) is 0 Å². The third-order valence-corrected chi connectivity index (χ3v) is 7.13. The molecule has 36 heavy (non-hydrogen) atoms. The third-order valence-electron chi connectivity index (χ3n) is 7.13. The monoisotopic (exact) mass is 494 g/mol. The average molecular weight is 495 g/mol. The number of benzene rings is 2. The van der Waals surface area contributed by atoms with Crippen molar-refractivity contribution < 1.29 is 29.5 Å². The van der Waals surface area contributed by atoms with Crippen LogP contribution < -0.4 is 4.74 Å². The van der Waals surface area contributed by atoms with Gasteiger partial charge in [-0.15, -0.1) is 0 Å². The lowest BCUT2D eigenvalue weighted by Crippen LogP contribution is -2.50. The zero-order valence-corrected chi connectivity index (χ0v) is 20.8. The van der Waals surface area contributed by atoms with E-state index in [1.807, 2.05) is 12.1 Å². The fraction of sp³-hybridized carbons (Fsp3) is 0.464. The Kier molecular flexibility index (Phi) is 7.41. The van der Waals surface area contributed by atoms with Gasteiger partial charge in [0.2, 0.25) is 0 Å². The standard InChI is InChI=1S/C28H34N2O6/c1-17-19-8-4-5-9-21(19)29-28-26(17)20-14-18(10-11-22(20)30(28)2)34-12-6-3-7-13-35-25-15-23(32)27(33)24(16-31)36-25/h4-5,8-11,14,23-25,27,31-33H,3,6-7,12-13,15-16H2,1-2H3/t23-,24-,25+,27+/m1/s1. The summed E-state index contributed by atoms with van der Waals surface area (Å²) >= 11 is 0. The topological polar surface area (TPSA) is 106 Å². The lowest BCUT2D eigenvalue weighted by molar-refractivity contribution is -0.256. The zero-order valence-electron chi connectivity index (χ0n) is 20.8. The second-order valence-corrected chi connectivity index (χ2v) is 9.55. The highest BCUT2D eigenvalue weighted by Crippen LogP contribution is 2.35. The van der Waals surface area contributed by atoms with Gasteiger partial charge in [-0.25, -0.2) is 4.98 Å². The van der Waals surface area contributed by atoms with Crippen LogP contribution in [0.25, 0.3) is 32.8 Å². The summed E-state index contributed by atoms with van der Waals surface area (Å²) in [6.45, 7) is 2.89. The minimum Gasteiger partial charge on any atom is -0.494 e. The Hall–Kier alpha value is -2.75. The Labute approximate surface area is 210 Å². The van der Waals surface area contributed by atoms with Crippen LogP contribution in [0.4, 0.5) is 0 Å². The summed E-state index contributed by atoms with van der Waals surface area (Å²) in [6, 6.07) is 14.5. The molecule has 8 nitrogen and oxygen atoms in total. The van der Waals surface area contributed by atoms with E-state index in [9.17, 15) is 15.3 Å². The van der Waals surface area contributed by atoms with Gasteiger partial charge in [-0.3, -0.25) is 0 Å². The molecule has 0 aliphatic carbocycles. The Morgan fingerprint density at radius 1 is 1.06 bits per heavy atom. The van der Waals surface area contributed by atoms with E-state index >= 15 is 0 Å². The molecule has 8 heteroatoms. The van der Waals surface area contributed by atoms with Crippen LogP contribution in [-0.2, 0) is 16.5 Å². The number of unbranched alkanes of at least 4 members (excludes halogenated alkanes) is 2. The number of aryl methyl sites for hydroxylation is 2. The van der Waals surface area contributed by atoms with Crippen molar-refractivity contribution in [2.24, 2.45) is 7.05 Å². The van der Waals surface area contributed by atoms with Crippen molar-refractivity contribution in [3.8, 4) is 5.75 Å². The van der Waals surface area contributed by atoms with E-state index < -0.39 is 24.6 Å². The first-order valence-corrected chi connectivity index (χ1v) is 12.6. The summed E-state index contributed by atoms with van der Waals surface area (Å²) in [7, 11) is 2.06. The minimum atomic E-state index is -1.08. The van der Waals surface area contributed by atoms with E-state index in [1.54, 1.807) is 0 Å². The maximum absolute atomic E-state index is 9.88. The van der Waals surface area contributed by atoms with Crippen molar-refractivity contribution in [2.45, 2.75) is 57.2 Å². The van der Waals surface area contributed by atoms with Crippen LogP contribution in [0.15, 0.2) is 42.5 Å². The van der Waals surface area contributed by atoms with Crippen molar-refractivity contribution in [3.63, 3.8) is 0 Å². The van der Waals surface area contributed by atoms with Crippen molar-refractivity contribution in [2.75, 3.05) is 19.8 Å². The number of para-hydroxylation sites is 1. The number of nitrogens with zero attached hydrogens (tertiary/aromatic N) is 2. The number of hydrogen-bond donors (Lipinski definition) is 3. The van der Waals surface area contributed by atoms with Gasteiger partial charge in [0.25, 0.3) is 0 Å². The van der Waals surface area contributed by atoms with Gasteiger partial charge in [-0.2, -0.15) is 0 Å². The normalized spacial score (nSPS) is 22.6. The van der Waals surface area contributed by atoms with E-state index in [-0.39, 0.29) is 13.0 Å². The Balaban J connectivity index is 1.15. The SMILES string of the molecule is Cc1c2ccccc2nc2c1c1cc(OCCCCCO[C@@H]3C[C@@H](O)[C@H](O)[C@@H](CO)O3)ccc1n2C. The fourth-order valence-electron chi connectivity index (χ4n) is 5.10. The Bertz CT molecular complexity index is 1350. The molecule has 0 bridgehead atoms. The number of rotatable bonds is 9. The highest BCUT2D eigenvalue weighted by Gasteiger charge is 2.36. The molecule has 0 saturated carbocycles. The van der Waals surface area contributed by atoms with Crippen LogP contribution in [0, 0.1) is 6.92 Å². The molecule has 1 aliphatic heterocycles. The summed E-state index contributed by atoms with van der Waals surface area (Å²) in [4.78, 5) is 4.92. The predicted molar refractivity (Wildman–Crippen MR) is 138 cm³/mol. The molecule has 0 spiro atoms. The number of hydrogen-bond acceptors (Lipinski definition) is 7. The van der Waals surface area contributed by atoms with E-state index in [0.29, 0.717) is 13.2 Å². The van der Waals surface area contributed by atoms with Crippen LogP contribution in [0.3, 0.4) is 0 Å². The quantitative estimate of drug-likeness (QED) is 0.305. The lowest BCUT2D eigenvalue weighted by atomic mass is 10.0. The smallest absolute Gasteiger partial charge is 0.160 e. The number of aliphatic hydroxyl groups is 3. The largest absolute Gasteiger partial charge is 0.494 e. The molecule has 0 radical (unpaired) electrons. The van der Waals surface area contributed by atoms with Gasteiger partial charge in [0, 0.05) is 36.2 Å². The van der Waals surface area contributed by atoms with Gasteiger partial charge in [0.15, 0.2) is 6.29 Å². The molecule has 1 aliphatic rings. The number of pyridine rings is 1. The van der Waals surface area contributed by atoms with E-state index in [2.05, 4.69) is 48.9 Å². The lowest BCUT2D eigenvalue weighted by Gasteiger charge is -2.36. The molecular formula is C28H34N2O6. The molecule has 2 aromatic heterocycles. The van der Waals surface area contributed by atoms with E-state index in [0.717, 1.165) is 47.1 Å². The van der Waals surface area contributed by atoms with E-state index in [1.165, 1.54) is 16.3 Å². The molecule has 0 amide bonds. The first-order valence-electron chi connectivity index (χ1n) is 12.6. The fourth-order valence-corrected chi connectivity index (χ4v) is 5.10. The van der Waals surface area contributed by atoms with Gasteiger partial charge in [-0.1, -0.05) is 18.2 Å². The first-order chi connectivity index (χ1) is 17.5. The van der Waals surface area contributed by atoms with Crippen molar-refractivity contribution >= 4 is 32.8 Å². The maximum atomic E-state index is 9.88. The molecule has 1 fully saturated rings. The molecule has 3 N–H and O–H groups in total. The molecule has 192 valence electrons. The van der Waals surface area contributed by atoms with Gasteiger partial charge in [0.05, 0.1) is 30.4 Å². The minimum absolute atomic E-state index is 0.197. The number of ether oxygens (including phenoxy) is 3. The molecule has 1 saturated heterocycles. The van der Waals surface area contributed by atoms with Crippen LogP contribution in [-0.4, -0.2) is 69.3 Å². The summed E-state index contributed by atoms with van der Waals surface area (Å²) in [6.07, 6.45) is -0.634. The summed E-state index contributed by atoms with van der Waals surface area (Å²) in [5.41, 5.74) is 4.34. The average Bonchev–Trinajstić information content (AvgIpc) is 3.16. The third kappa shape index (κ3) is 4.79. The van der Waals surface area contributed by atoms with Crippen LogP contribution >= 0.6 is 0 Å². The van der Waals surface area contributed by atoms with Gasteiger partial charge >= 0.3 is 0 Å². The highest BCUT2D eigenvalue weighted by atomic mass is 16.7. The summed E-state index contributed by atoms with van der Waals surface area (Å²) < 4.78 is 19.4. The Morgan fingerprint density at radius 3 is 2.69 bits per heavy atom. The molecule has 3 heterocycles. The maximum Gasteiger partial charge on any atom is 0.160 e. The molecule has 2 aromatic carbocycles. The van der Waals surface area contributed by atoms with E-state index in [4.69, 9.17) is 19.2 Å². The first kappa shape index (κ1) is 24.9. The molecule has 4 atom stereocenters. The molecule has 4 aromatic rings. The summed E-state index contributed by atoms with van der Waals surface area (Å²) in [5, 5.41) is 32.4. The Morgan fingerprint density at radius 2 is 1.86 bits per heavy atom. The number of aliphatic hydroxyl groups excluding tert-OH is 3. The summed E-state index contributed by atoms with van der Waals surface area (Å²) in [5.74, 6) is 0.844. The number of aromatic nitrogens is 2. The van der Waals surface area contributed by atoms with Gasteiger partial charge in [-0.05, 0) is 56.0 Å². The van der Waals surface area contributed by atoms with Gasteiger partial charge < -0.3 is 34.1 Å². The molecule has 0 unspecified atom stereocenters. The van der Waals surface area contributed by atoms with Crippen molar-refractivity contribution in [1.82, 2.24) is 9.55 Å². The van der Waals surface area contributed by atoms with Crippen LogP contribution in [0.1, 0.15) is 31.2 Å². The highest BCUT2D eigenvalue weighted by molar-refractivity contribution is 6.12. The van der Waals surface area contributed by atoms with Crippen LogP contribution in [0.5, 0.6) is 5.75 Å². The van der Waals surface area contributed by atoms with Crippen molar-refractivity contribution in [1.29, 1.82) is 0 Å². The number of fused-ring (bicyclic) bond motifs is 4.